The number of aliphatic hydroxyl groups is 4. The van der Waals surface area contributed by atoms with Crippen LogP contribution in [0.15, 0.2) is 12.1 Å². The molecule has 0 saturated carbocycles. The summed E-state index contributed by atoms with van der Waals surface area (Å²) in [5, 5.41) is 38.4. The number of benzene rings is 1. The molecule has 1 aromatic carbocycles. The maximum atomic E-state index is 12.2. The summed E-state index contributed by atoms with van der Waals surface area (Å²) >= 11 is 11.9. The molecule has 0 unspecified atom stereocenters. The summed E-state index contributed by atoms with van der Waals surface area (Å²) in [5.41, 5.74) is -0.113. The van der Waals surface area contributed by atoms with Gasteiger partial charge in [-0.05, 0) is 12.1 Å². The second-order valence-electron chi connectivity index (χ2n) is 5.07. The molecule has 1 heterocycles. The first kappa shape index (κ1) is 19.2. The van der Waals surface area contributed by atoms with E-state index in [0.717, 1.165) is 0 Å². The lowest BCUT2D eigenvalue weighted by Crippen LogP contribution is -2.58. The molecule has 2 rings (SSSR count). The molecule has 1 saturated heterocycles. The Bertz CT molecular complexity index is 611. The average molecular weight is 383 g/mol. The molecule has 8 nitrogen and oxygen atoms in total. The van der Waals surface area contributed by atoms with Crippen molar-refractivity contribution in [2.24, 2.45) is 0 Å². The van der Waals surface area contributed by atoms with Crippen LogP contribution >= 0.6 is 23.2 Å². The van der Waals surface area contributed by atoms with Crippen LogP contribution in [0.25, 0.3) is 0 Å². The number of esters is 1. The second-order valence-corrected chi connectivity index (χ2v) is 5.89. The zero-order chi connectivity index (χ0) is 18.0. The predicted octanol–water partition coefficient (Wildman–Crippen LogP) is -0.0413. The van der Waals surface area contributed by atoms with Crippen LogP contribution in [0, 0.1) is 0 Å². The third-order valence-electron chi connectivity index (χ3n) is 3.53. The van der Waals surface area contributed by atoms with Gasteiger partial charge in [-0.15, -0.1) is 0 Å². The van der Waals surface area contributed by atoms with E-state index < -0.39 is 43.3 Å². The third kappa shape index (κ3) is 3.75. The van der Waals surface area contributed by atoms with E-state index >= 15 is 0 Å². The van der Waals surface area contributed by atoms with E-state index in [0.29, 0.717) is 0 Å². The Morgan fingerprint density at radius 3 is 2.38 bits per heavy atom. The van der Waals surface area contributed by atoms with Crippen molar-refractivity contribution in [3.63, 3.8) is 0 Å². The summed E-state index contributed by atoms with van der Waals surface area (Å²) in [5.74, 6) is -0.875. The van der Waals surface area contributed by atoms with Gasteiger partial charge in [0.2, 0.25) is 0 Å². The highest BCUT2D eigenvalue weighted by atomic mass is 35.5. The zero-order valence-electron chi connectivity index (χ0n) is 12.4. The van der Waals surface area contributed by atoms with Crippen molar-refractivity contribution in [2.45, 2.75) is 30.7 Å². The van der Waals surface area contributed by atoms with Crippen LogP contribution in [-0.2, 0) is 9.47 Å². The molecule has 1 aliphatic heterocycles. The number of methoxy groups -OCH3 is 1. The topological polar surface area (TPSA) is 126 Å². The standard InChI is InChI=1S/C14H16Cl2O8/c1-22-12-6(16)3-2-5(15)8(12)13(20)23-4-7-9(17)10(18)11(19)14(21)24-7/h2-3,7,9-11,14,17-19,21H,4H2,1H3/t7-,9+,10+,11-,14+/m1/s1. The Morgan fingerprint density at radius 1 is 1.12 bits per heavy atom. The highest BCUT2D eigenvalue weighted by Gasteiger charge is 2.43. The predicted molar refractivity (Wildman–Crippen MR) is 82.2 cm³/mol. The van der Waals surface area contributed by atoms with Crippen LogP contribution in [0.5, 0.6) is 5.75 Å². The Hall–Kier alpha value is -1.13. The van der Waals surface area contributed by atoms with Crippen LogP contribution < -0.4 is 4.74 Å². The minimum atomic E-state index is -1.73. The molecule has 24 heavy (non-hydrogen) atoms. The van der Waals surface area contributed by atoms with E-state index in [1.54, 1.807) is 0 Å². The first-order valence-corrected chi connectivity index (χ1v) is 7.60. The zero-order valence-corrected chi connectivity index (χ0v) is 13.9. The Morgan fingerprint density at radius 2 is 1.75 bits per heavy atom. The smallest absolute Gasteiger partial charge is 0.343 e. The van der Waals surface area contributed by atoms with Gasteiger partial charge in [0.05, 0.1) is 17.2 Å². The molecule has 0 amide bonds. The molecule has 4 N–H and O–H groups in total. The lowest BCUT2D eigenvalue weighted by Gasteiger charge is -2.37. The van der Waals surface area contributed by atoms with Crippen molar-refractivity contribution in [3.05, 3.63) is 27.7 Å². The highest BCUT2D eigenvalue weighted by molar-refractivity contribution is 6.37. The first-order valence-electron chi connectivity index (χ1n) is 6.84. The number of carbonyl (C=O) groups excluding carboxylic acids is 1. The fourth-order valence-corrected chi connectivity index (χ4v) is 2.68. The molecule has 0 aliphatic carbocycles. The maximum Gasteiger partial charge on any atom is 0.343 e. The van der Waals surface area contributed by atoms with E-state index in [9.17, 15) is 25.2 Å². The molecule has 0 spiro atoms. The van der Waals surface area contributed by atoms with E-state index in [-0.39, 0.29) is 21.4 Å². The van der Waals surface area contributed by atoms with Gasteiger partial charge in [-0.1, -0.05) is 23.2 Å². The summed E-state index contributed by atoms with van der Waals surface area (Å²) < 4.78 is 14.9. The lowest BCUT2D eigenvalue weighted by molar-refractivity contribution is -0.286. The molecule has 5 atom stereocenters. The number of carbonyl (C=O) groups is 1. The van der Waals surface area contributed by atoms with Gasteiger partial charge < -0.3 is 34.6 Å². The molecule has 134 valence electrons. The Kier molecular flexibility index (Phi) is 6.27. The molecule has 10 heteroatoms. The van der Waals surface area contributed by atoms with Crippen LogP contribution in [0.2, 0.25) is 10.0 Å². The number of aliphatic hydroxyl groups excluding tert-OH is 4. The Balaban J connectivity index is 2.10. The number of halogens is 2. The fraction of sp³-hybridized carbons (Fsp3) is 0.500. The number of hydrogen-bond donors (Lipinski definition) is 4. The number of ether oxygens (including phenoxy) is 3. The molecular formula is C14H16Cl2O8. The third-order valence-corrected chi connectivity index (χ3v) is 4.15. The van der Waals surface area contributed by atoms with Gasteiger partial charge in [0, 0.05) is 0 Å². The van der Waals surface area contributed by atoms with Crippen molar-refractivity contribution in [1.82, 2.24) is 0 Å². The second kappa shape index (κ2) is 7.83. The minimum Gasteiger partial charge on any atom is -0.494 e. The van der Waals surface area contributed by atoms with Crippen molar-refractivity contribution >= 4 is 29.2 Å². The minimum absolute atomic E-state index is 0.0229. The summed E-state index contributed by atoms with van der Waals surface area (Å²) in [6, 6.07) is 2.83. The van der Waals surface area contributed by atoms with Gasteiger partial charge in [-0.25, -0.2) is 4.79 Å². The molecule has 0 radical (unpaired) electrons. The van der Waals surface area contributed by atoms with E-state index in [4.69, 9.17) is 37.4 Å². The van der Waals surface area contributed by atoms with Gasteiger partial charge in [-0.3, -0.25) is 0 Å². The van der Waals surface area contributed by atoms with Crippen molar-refractivity contribution in [1.29, 1.82) is 0 Å². The first-order chi connectivity index (χ1) is 11.3. The largest absolute Gasteiger partial charge is 0.494 e. The van der Waals surface area contributed by atoms with Gasteiger partial charge in [0.15, 0.2) is 12.0 Å². The van der Waals surface area contributed by atoms with Gasteiger partial charge >= 0.3 is 5.97 Å². The molecular weight excluding hydrogens is 367 g/mol. The van der Waals surface area contributed by atoms with E-state index in [1.807, 2.05) is 0 Å². The summed E-state index contributed by atoms with van der Waals surface area (Å²) in [4.78, 5) is 12.2. The normalized spacial score (nSPS) is 30.0. The number of rotatable bonds is 4. The van der Waals surface area contributed by atoms with E-state index in [2.05, 4.69) is 0 Å². The number of hydrogen-bond acceptors (Lipinski definition) is 8. The van der Waals surface area contributed by atoms with Gasteiger partial charge in [-0.2, -0.15) is 0 Å². The quantitative estimate of drug-likeness (QED) is 0.534. The van der Waals surface area contributed by atoms with Crippen LogP contribution in [-0.4, -0.2) is 70.8 Å². The lowest BCUT2D eigenvalue weighted by atomic mass is 9.99. The van der Waals surface area contributed by atoms with Crippen molar-refractivity contribution < 1.29 is 39.4 Å². The molecule has 1 aromatic rings. The van der Waals surface area contributed by atoms with Gasteiger partial charge in [0.1, 0.15) is 36.6 Å². The monoisotopic (exact) mass is 382 g/mol. The van der Waals surface area contributed by atoms with Crippen LogP contribution in [0.4, 0.5) is 0 Å². The van der Waals surface area contributed by atoms with Crippen LogP contribution in [0.3, 0.4) is 0 Å². The van der Waals surface area contributed by atoms with Crippen LogP contribution in [0.1, 0.15) is 10.4 Å². The SMILES string of the molecule is COc1c(Cl)ccc(Cl)c1C(=O)OC[C@H]1O[C@H](O)[C@H](O)[C@@H](O)[C@H]1O. The highest BCUT2D eigenvalue weighted by Crippen LogP contribution is 2.34. The molecule has 0 bridgehead atoms. The maximum absolute atomic E-state index is 12.2. The molecule has 1 fully saturated rings. The van der Waals surface area contributed by atoms with Crippen molar-refractivity contribution in [3.8, 4) is 5.75 Å². The summed E-state index contributed by atoms with van der Waals surface area (Å²) in [6.45, 7) is -0.507. The molecule has 1 aliphatic rings. The van der Waals surface area contributed by atoms with E-state index in [1.165, 1.54) is 19.2 Å². The fourth-order valence-electron chi connectivity index (χ4n) is 2.22. The Labute approximate surface area is 147 Å². The summed E-state index contributed by atoms with van der Waals surface area (Å²) in [6.07, 6.45) is -7.85. The average Bonchev–Trinajstić information content (AvgIpc) is 2.56. The molecule has 0 aromatic heterocycles. The summed E-state index contributed by atoms with van der Waals surface area (Å²) in [7, 11) is 1.30. The van der Waals surface area contributed by atoms with Crippen molar-refractivity contribution in [2.75, 3.05) is 13.7 Å². The van der Waals surface area contributed by atoms with Gasteiger partial charge in [0.25, 0.3) is 0 Å².